The van der Waals surface area contributed by atoms with E-state index < -0.39 is 0 Å². The molecule has 2 rings (SSSR count). The number of carbonyl (C=O) groups excluding carboxylic acids is 2. The average Bonchev–Trinajstić information content (AvgIpc) is 2.35. The summed E-state index contributed by atoms with van der Waals surface area (Å²) in [5.41, 5.74) is 0.979. The Morgan fingerprint density at radius 3 is 2.25 bits per heavy atom. The highest BCUT2D eigenvalue weighted by molar-refractivity contribution is 6.02. The van der Waals surface area contributed by atoms with E-state index in [1.165, 1.54) is 0 Å². The van der Waals surface area contributed by atoms with E-state index in [2.05, 4.69) is 41.4 Å². The molecular formula is C13H19N5O2. The zero-order chi connectivity index (χ0) is 14.8. The van der Waals surface area contributed by atoms with Crippen molar-refractivity contribution in [3.63, 3.8) is 0 Å². The summed E-state index contributed by atoms with van der Waals surface area (Å²) in [6.45, 7) is 7.13. The minimum absolute atomic E-state index is 0.0239. The number of imide groups is 1. The number of anilines is 1. The standard InChI is InChI=1S/C13H19N5O2/c1-13(2,3)16-6-9-4-14-12(15-5-9)18-7-10(19)17-11(20)8-18/h4-5,16H,6-8H2,1-3H3,(H,17,19,20). The van der Waals surface area contributed by atoms with Crippen LogP contribution < -0.4 is 15.5 Å². The lowest BCUT2D eigenvalue weighted by molar-refractivity contribution is -0.130. The van der Waals surface area contributed by atoms with Crippen LogP contribution in [0.4, 0.5) is 5.95 Å². The Kier molecular flexibility index (Phi) is 3.99. The SMILES string of the molecule is CC(C)(C)NCc1cnc(N2CC(=O)NC(=O)C2)nc1. The monoisotopic (exact) mass is 277 g/mol. The van der Waals surface area contributed by atoms with E-state index in [0.29, 0.717) is 12.5 Å². The van der Waals surface area contributed by atoms with Crippen LogP contribution in [0.1, 0.15) is 26.3 Å². The van der Waals surface area contributed by atoms with Gasteiger partial charge >= 0.3 is 0 Å². The Bertz CT molecular complexity index is 490. The summed E-state index contributed by atoms with van der Waals surface area (Å²) in [5.74, 6) is -0.264. The van der Waals surface area contributed by atoms with Gasteiger partial charge in [-0.1, -0.05) is 0 Å². The maximum Gasteiger partial charge on any atom is 0.246 e. The Morgan fingerprint density at radius 1 is 1.20 bits per heavy atom. The average molecular weight is 277 g/mol. The van der Waals surface area contributed by atoms with Crippen molar-refractivity contribution in [1.82, 2.24) is 20.6 Å². The van der Waals surface area contributed by atoms with E-state index in [9.17, 15) is 9.59 Å². The van der Waals surface area contributed by atoms with Gasteiger partial charge in [0.1, 0.15) is 13.1 Å². The van der Waals surface area contributed by atoms with Crippen molar-refractivity contribution >= 4 is 17.8 Å². The Hall–Kier alpha value is -2.02. The number of amides is 2. The Balaban J connectivity index is 2.01. The quantitative estimate of drug-likeness (QED) is 0.746. The molecule has 0 bridgehead atoms. The van der Waals surface area contributed by atoms with Gasteiger partial charge in [-0.2, -0.15) is 0 Å². The fourth-order valence-electron chi connectivity index (χ4n) is 1.75. The molecule has 1 fully saturated rings. The topological polar surface area (TPSA) is 87.2 Å². The summed E-state index contributed by atoms with van der Waals surface area (Å²) in [6.07, 6.45) is 3.41. The predicted octanol–water partition coefficient (Wildman–Crippen LogP) is -0.172. The number of hydrogen-bond donors (Lipinski definition) is 2. The van der Waals surface area contributed by atoms with Crippen LogP contribution >= 0.6 is 0 Å². The first-order chi connectivity index (χ1) is 9.33. The van der Waals surface area contributed by atoms with Gasteiger partial charge in [-0.3, -0.25) is 14.9 Å². The molecule has 0 aromatic carbocycles. The summed E-state index contributed by atoms with van der Waals surface area (Å²) >= 11 is 0. The molecule has 1 saturated heterocycles. The molecule has 2 heterocycles. The molecule has 2 N–H and O–H groups in total. The molecule has 2 amide bonds. The smallest absolute Gasteiger partial charge is 0.246 e. The van der Waals surface area contributed by atoms with Crippen LogP contribution in [0.15, 0.2) is 12.4 Å². The van der Waals surface area contributed by atoms with Crippen molar-refractivity contribution in [2.75, 3.05) is 18.0 Å². The molecular weight excluding hydrogens is 258 g/mol. The molecule has 0 radical (unpaired) electrons. The van der Waals surface area contributed by atoms with Crippen molar-refractivity contribution < 1.29 is 9.59 Å². The van der Waals surface area contributed by atoms with Gasteiger partial charge in [0.05, 0.1) is 0 Å². The van der Waals surface area contributed by atoms with E-state index in [4.69, 9.17) is 0 Å². The molecule has 20 heavy (non-hydrogen) atoms. The summed E-state index contributed by atoms with van der Waals surface area (Å²) in [7, 11) is 0. The zero-order valence-corrected chi connectivity index (χ0v) is 11.9. The minimum atomic E-state index is -0.330. The molecule has 1 aromatic heterocycles. The molecule has 0 spiro atoms. The molecule has 1 aliphatic rings. The van der Waals surface area contributed by atoms with Crippen molar-refractivity contribution in [1.29, 1.82) is 0 Å². The molecule has 7 nitrogen and oxygen atoms in total. The van der Waals surface area contributed by atoms with Crippen molar-refractivity contribution in [3.05, 3.63) is 18.0 Å². The highest BCUT2D eigenvalue weighted by atomic mass is 16.2. The van der Waals surface area contributed by atoms with Crippen LogP contribution in [0.2, 0.25) is 0 Å². The molecule has 1 aromatic rings. The van der Waals surface area contributed by atoms with Gasteiger partial charge in [0.15, 0.2) is 0 Å². The van der Waals surface area contributed by atoms with Gasteiger partial charge in [0.2, 0.25) is 17.8 Å². The number of piperazine rings is 1. The van der Waals surface area contributed by atoms with Crippen LogP contribution in [-0.4, -0.2) is 40.4 Å². The third-order valence-corrected chi connectivity index (χ3v) is 2.75. The highest BCUT2D eigenvalue weighted by Gasteiger charge is 2.24. The normalized spacial score (nSPS) is 16.2. The second-order valence-corrected chi connectivity index (χ2v) is 5.82. The molecule has 108 valence electrons. The lowest BCUT2D eigenvalue weighted by Gasteiger charge is -2.25. The summed E-state index contributed by atoms with van der Waals surface area (Å²) in [6, 6.07) is 0. The van der Waals surface area contributed by atoms with Crippen LogP contribution in [-0.2, 0) is 16.1 Å². The van der Waals surface area contributed by atoms with E-state index in [1.807, 2.05) is 0 Å². The van der Waals surface area contributed by atoms with Crippen molar-refractivity contribution in [2.45, 2.75) is 32.9 Å². The van der Waals surface area contributed by atoms with E-state index in [-0.39, 0.29) is 30.4 Å². The maximum absolute atomic E-state index is 11.3. The third kappa shape index (κ3) is 3.99. The molecule has 1 aliphatic heterocycles. The lowest BCUT2D eigenvalue weighted by atomic mass is 10.1. The fourth-order valence-corrected chi connectivity index (χ4v) is 1.75. The van der Waals surface area contributed by atoms with Crippen molar-refractivity contribution in [2.24, 2.45) is 0 Å². The zero-order valence-electron chi connectivity index (χ0n) is 11.9. The first kappa shape index (κ1) is 14.4. The number of hydrogen-bond acceptors (Lipinski definition) is 6. The third-order valence-electron chi connectivity index (χ3n) is 2.75. The predicted molar refractivity (Wildman–Crippen MR) is 74.0 cm³/mol. The van der Waals surface area contributed by atoms with Crippen LogP contribution in [0.3, 0.4) is 0 Å². The molecule has 0 saturated carbocycles. The fraction of sp³-hybridized carbons (Fsp3) is 0.538. The molecule has 0 unspecified atom stereocenters. The molecule has 0 aliphatic carbocycles. The number of carbonyl (C=O) groups is 2. The van der Waals surface area contributed by atoms with Gasteiger partial charge in [0.25, 0.3) is 0 Å². The minimum Gasteiger partial charge on any atom is -0.322 e. The maximum atomic E-state index is 11.3. The van der Waals surface area contributed by atoms with E-state index in [0.717, 1.165) is 5.56 Å². The van der Waals surface area contributed by atoms with Gasteiger partial charge in [-0.25, -0.2) is 9.97 Å². The first-order valence-corrected chi connectivity index (χ1v) is 6.47. The van der Waals surface area contributed by atoms with Crippen LogP contribution in [0, 0.1) is 0 Å². The molecule has 0 atom stereocenters. The van der Waals surface area contributed by atoms with Gasteiger partial charge in [-0.15, -0.1) is 0 Å². The highest BCUT2D eigenvalue weighted by Crippen LogP contribution is 2.09. The number of aromatic nitrogens is 2. The van der Waals surface area contributed by atoms with Crippen LogP contribution in [0.25, 0.3) is 0 Å². The second-order valence-electron chi connectivity index (χ2n) is 5.82. The largest absolute Gasteiger partial charge is 0.322 e. The second kappa shape index (κ2) is 5.54. The number of rotatable bonds is 3. The number of nitrogens with one attached hydrogen (secondary N) is 2. The van der Waals surface area contributed by atoms with E-state index in [1.54, 1.807) is 17.3 Å². The number of nitrogens with zero attached hydrogens (tertiary/aromatic N) is 3. The Labute approximate surface area is 117 Å². The van der Waals surface area contributed by atoms with Gasteiger partial charge in [-0.05, 0) is 20.8 Å². The molecule has 7 heteroatoms. The van der Waals surface area contributed by atoms with Gasteiger partial charge < -0.3 is 10.2 Å². The summed E-state index contributed by atoms with van der Waals surface area (Å²) < 4.78 is 0. The van der Waals surface area contributed by atoms with Gasteiger partial charge in [0, 0.05) is 30.0 Å². The summed E-state index contributed by atoms with van der Waals surface area (Å²) in [4.78, 5) is 32.6. The summed E-state index contributed by atoms with van der Waals surface area (Å²) in [5, 5.41) is 5.58. The first-order valence-electron chi connectivity index (χ1n) is 6.47. The van der Waals surface area contributed by atoms with Crippen LogP contribution in [0.5, 0.6) is 0 Å². The lowest BCUT2D eigenvalue weighted by Crippen LogP contribution is -2.52. The van der Waals surface area contributed by atoms with E-state index >= 15 is 0 Å². The Morgan fingerprint density at radius 2 is 1.75 bits per heavy atom. The van der Waals surface area contributed by atoms with Crippen molar-refractivity contribution in [3.8, 4) is 0 Å².